The van der Waals surface area contributed by atoms with Crippen LogP contribution in [0.2, 0.25) is 13.1 Å². The van der Waals surface area contributed by atoms with E-state index in [9.17, 15) is 4.79 Å². The van der Waals surface area contributed by atoms with Crippen LogP contribution in [0.4, 0.5) is 0 Å². The first-order chi connectivity index (χ1) is 8.14. The maximum Gasteiger partial charge on any atom is 0.171 e. The van der Waals surface area contributed by atoms with Gasteiger partial charge in [-0.05, 0) is 44.7 Å². The van der Waals surface area contributed by atoms with E-state index in [2.05, 4.69) is 33.9 Å². The first kappa shape index (κ1) is 15.6. The molecule has 0 spiro atoms. The second kappa shape index (κ2) is 5.70. The standard InChI is InChI=1S/C15H28O2Si/c1-10(2)13-12(16)9-8-11(15(3,4)5)14(13)17-18(6)7/h11,14,18H,8-9H2,1-7H3. The first-order valence-corrected chi connectivity index (χ1v) is 9.78. The highest BCUT2D eigenvalue weighted by Crippen LogP contribution is 2.41. The van der Waals surface area contributed by atoms with Crippen LogP contribution in [-0.2, 0) is 9.22 Å². The van der Waals surface area contributed by atoms with Gasteiger partial charge in [-0.25, -0.2) is 0 Å². The number of carbonyl (C=O) groups excluding carboxylic acids is 1. The Hall–Kier alpha value is -0.413. The molecule has 3 heteroatoms. The van der Waals surface area contributed by atoms with Crippen LogP contribution in [0.5, 0.6) is 0 Å². The zero-order valence-electron chi connectivity index (χ0n) is 13.0. The van der Waals surface area contributed by atoms with Crippen molar-refractivity contribution in [3.8, 4) is 0 Å². The van der Waals surface area contributed by atoms with Crippen LogP contribution in [0.1, 0.15) is 47.5 Å². The Morgan fingerprint density at radius 2 is 1.83 bits per heavy atom. The third kappa shape index (κ3) is 3.54. The van der Waals surface area contributed by atoms with Gasteiger partial charge in [0.1, 0.15) is 0 Å². The number of hydrogen-bond acceptors (Lipinski definition) is 2. The molecule has 0 aromatic heterocycles. The highest BCUT2D eigenvalue weighted by molar-refractivity contribution is 6.48. The molecule has 0 N–H and O–H groups in total. The fourth-order valence-corrected chi connectivity index (χ4v) is 3.75. The fourth-order valence-electron chi connectivity index (χ4n) is 2.84. The number of allylic oxidation sites excluding steroid dienone is 1. The van der Waals surface area contributed by atoms with Crippen LogP contribution < -0.4 is 0 Å². The summed E-state index contributed by atoms with van der Waals surface area (Å²) < 4.78 is 6.23. The normalized spacial score (nSPS) is 25.8. The number of carbonyl (C=O) groups is 1. The molecule has 1 saturated carbocycles. The fraction of sp³-hybridized carbons (Fsp3) is 0.800. The molecule has 0 aliphatic heterocycles. The number of rotatable bonds is 2. The zero-order chi connectivity index (χ0) is 14.1. The van der Waals surface area contributed by atoms with E-state index in [1.807, 2.05) is 13.8 Å². The van der Waals surface area contributed by atoms with Gasteiger partial charge in [-0.1, -0.05) is 26.3 Å². The topological polar surface area (TPSA) is 26.3 Å². The monoisotopic (exact) mass is 268 g/mol. The summed E-state index contributed by atoms with van der Waals surface area (Å²) in [5, 5.41) is 0. The van der Waals surface area contributed by atoms with Gasteiger partial charge in [-0.15, -0.1) is 0 Å². The third-order valence-corrected chi connectivity index (χ3v) is 4.54. The van der Waals surface area contributed by atoms with Gasteiger partial charge in [0.15, 0.2) is 14.8 Å². The van der Waals surface area contributed by atoms with Gasteiger partial charge in [0.05, 0.1) is 6.10 Å². The molecule has 18 heavy (non-hydrogen) atoms. The van der Waals surface area contributed by atoms with Gasteiger partial charge >= 0.3 is 0 Å². The lowest BCUT2D eigenvalue weighted by atomic mass is 9.68. The van der Waals surface area contributed by atoms with E-state index in [0.717, 1.165) is 17.6 Å². The molecular formula is C15H28O2Si. The Labute approximate surface area is 114 Å². The predicted octanol–water partition coefficient (Wildman–Crippen LogP) is 3.72. The molecule has 2 atom stereocenters. The summed E-state index contributed by atoms with van der Waals surface area (Å²) in [7, 11) is -1.15. The van der Waals surface area contributed by atoms with Gasteiger partial charge in [0, 0.05) is 12.0 Å². The summed E-state index contributed by atoms with van der Waals surface area (Å²) >= 11 is 0. The van der Waals surface area contributed by atoms with E-state index in [4.69, 9.17) is 4.43 Å². The van der Waals surface area contributed by atoms with Crippen LogP contribution in [-0.4, -0.2) is 20.9 Å². The smallest absolute Gasteiger partial charge is 0.171 e. The average molecular weight is 268 g/mol. The molecule has 0 heterocycles. The third-order valence-electron chi connectivity index (χ3n) is 3.70. The van der Waals surface area contributed by atoms with Gasteiger partial charge in [-0.3, -0.25) is 4.79 Å². The average Bonchev–Trinajstić information content (AvgIpc) is 2.13. The van der Waals surface area contributed by atoms with E-state index >= 15 is 0 Å². The minimum absolute atomic E-state index is 0.0305. The second-order valence-electron chi connectivity index (χ2n) is 6.95. The number of Topliss-reactive ketones (excluding diaryl/α,β-unsaturated/α-hetero) is 1. The highest BCUT2D eigenvalue weighted by Gasteiger charge is 2.41. The predicted molar refractivity (Wildman–Crippen MR) is 79.3 cm³/mol. The Kier molecular flexibility index (Phi) is 4.95. The van der Waals surface area contributed by atoms with Crippen molar-refractivity contribution in [2.45, 2.75) is 66.7 Å². The lowest BCUT2D eigenvalue weighted by Gasteiger charge is -2.42. The molecule has 1 aliphatic carbocycles. The molecular weight excluding hydrogens is 240 g/mol. The van der Waals surface area contributed by atoms with Crippen LogP contribution in [0.25, 0.3) is 0 Å². The van der Waals surface area contributed by atoms with Gasteiger partial charge in [0.25, 0.3) is 0 Å². The van der Waals surface area contributed by atoms with Crippen molar-refractivity contribution in [2.75, 3.05) is 0 Å². The second-order valence-corrected chi connectivity index (χ2v) is 9.32. The van der Waals surface area contributed by atoms with Crippen LogP contribution in [0.15, 0.2) is 11.1 Å². The zero-order valence-corrected chi connectivity index (χ0v) is 14.1. The Morgan fingerprint density at radius 3 is 2.22 bits per heavy atom. The van der Waals surface area contributed by atoms with E-state index in [0.29, 0.717) is 18.1 Å². The number of hydrogen-bond donors (Lipinski definition) is 0. The van der Waals surface area contributed by atoms with Gasteiger partial charge in [-0.2, -0.15) is 0 Å². The summed E-state index contributed by atoms with van der Waals surface area (Å²) in [4.78, 5) is 12.2. The molecule has 0 saturated heterocycles. The SMILES string of the molecule is CC(C)=C1C(=O)CCC(C(C)(C)C)C1O[SiH](C)C. The lowest BCUT2D eigenvalue weighted by Crippen LogP contribution is -2.43. The summed E-state index contributed by atoms with van der Waals surface area (Å²) in [6.45, 7) is 15.2. The maximum atomic E-state index is 12.2. The summed E-state index contributed by atoms with van der Waals surface area (Å²) in [6.07, 6.45) is 1.68. The molecule has 1 rings (SSSR count). The van der Waals surface area contributed by atoms with Crippen LogP contribution >= 0.6 is 0 Å². The summed E-state index contributed by atoms with van der Waals surface area (Å²) in [5.41, 5.74) is 2.28. The molecule has 104 valence electrons. The van der Waals surface area contributed by atoms with Gasteiger partial charge in [0.2, 0.25) is 0 Å². The first-order valence-electron chi connectivity index (χ1n) is 7.00. The molecule has 2 nitrogen and oxygen atoms in total. The van der Waals surface area contributed by atoms with Crippen molar-refractivity contribution in [1.82, 2.24) is 0 Å². The number of ketones is 1. The minimum atomic E-state index is -1.15. The summed E-state index contributed by atoms with van der Waals surface area (Å²) in [6, 6.07) is 0. The molecule has 1 aliphatic rings. The molecule has 0 amide bonds. The van der Waals surface area contributed by atoms with E-state index < -0.39 is 9.04 Å². The van der Waals surface area contributed by atoms with E-state index in [1.54, 1.807) is 0 Å². The largest absolute Gasteiger partial charge is 0.413 e. The highest BCUT2D eigenvalue weighted by atomic mass is 28.3. The van der Waals surface area contributed by atoms with Crippen LogP contribution in [0.3, 0.4) is 0 Å². The van der Waals surface area contributed by atoms with Crippen molar-refractivity contribution in [1.29, 1.82) is 0 Å². The van der Waals surface area contributed by atoms with Crippen LogP contribution in [0, 0.1) is 11.3 Å². The summed E-state index contributed by atoms with van der Waals surface area (Å²) in [5.74, 6) is 0.755. The van der Waals surface area contributed by atoms with Crippen molar-refractivity contribution in [3.05, 3.63) is 11.1 Å². The Balaban J connectivity index is 3.15. The molecule has 0 aromatic rings. The molecule has 0 radical (unpaired) electrons. The van der Waals surface area contributed by atoms with Crippen molar-refractivity contribution in [2.24, 2.45) is 11.3 Å². The van der Waals surface area contributed by atoms with Crippen molar-refractivity contribution >= 4 is 14.8 Å². The van der Waals surface area contributed by atoms with Crippen molar-refractivity contribution < 1.29 is 9.22 Å². The lowest BCUT2D eigenvalue weighted by molar-refractivity contribution is -0.119. The maximum absolute atomic E-state index is 12.2. The quantitative estimate of drug-likeness (QED) is 0.563. The molecule has 0 bridgehead atoms. The van der Waals surface area contributed by atoms with E-state index in [-0.39, 0.29) is 11.5 Å². The minimum Gasteiger partial charge on any atom is -0.413 e. The molecule has 1 fully saturated rings. The van der Waals surface area contributed by atoms with E-state index in [1.165, 1.54) is 0 Å². The van der Waals surface area contributed by atoms with Crippen molar-refractivity contribution in [3.63, 3.8) is 0 Å². The van der Waals surface area contributed by atoms with Gasteiger partial charge < -0.3 is 4.43 Å². The Morgan fingerprint density at radius 1 is 1.28 bits per heavy atom. The molecule has 2 unspecified atom stereocenters. The molecule has 0 aromatic carbocycles. The Bertz CT molecular complexity index is 346.